The maximum atomic E-state index is 13.5. The molecule has 1 fully saturated rings. The number of primary amides is 1. The Morgan fingerprint density at radius 2 is 1.56 bits per heavy atom. The Balaban J connectivity index is 1.24. The number of carbonyl (C=O) groups excluding carboxylic acids is 3. The molecular formula is C37H43N13O6S. The molecule has 4 aromatic heterocycles. The topological polar surface area (TPSA) is 254 Å². The first-order chi connectivity index (χ1) is 27.2. The number of aromatic nitrogens is 8. The van der Waals surface area contributed by atoms with Crippen LogP contribution in [0, 0.1) is 19.8 Å². The molecule has 1 aliphatic rings. The first kappa shape index (κ1) is 38.9. The number of hydrogen-bond donors (Lipinski definition) is 5. The summed E-state index contributed by atoms with van der Waals surface area (Å²) in [5, 5.41) is 23.1. The fourth-order valence-corrected chi connectivity index (χ4v) is 7.23. The van der Waals surface area contributed by atoms with Gasteiger partial charge in [-0.1, -0.05) is 12.2 Å². The van der Waals surface area contributed by atoms with Crippen molar-refractivity contribution in [1.29, 1.82) is 0 Å². The number of nitrogens with zero attached hydrogens (tertiary/aromatic N) is 8. The van der Waals surface area contributed by atoms with Gasteiger partial charge < -0.3 is 24.9 Å². The highest BCUT2D eigenvalue weighted by atomic mass is 32.2. The largest absolute Gasteiger partial charge is 0.491 e. The van der Waals surface area contributed by atoms with Crippen molar-refractivity contribution in [3.8, 4) is 5.75 Å². The number of ether oxygens (including phenoxy) is 1. The molecule has 0 spiro atoms. The van der Waals surface area contributed by atoms with Crippen molar-refractivity contribution in [3.05, 3.63) is 83.0 Å². The fourth-order valence-electron chi connectivity index (χ4n) is 6.69. The Kier molecular flexibility index (Phi) is 10.7. The number of imidazole rings is 2. The molecule has 20 heteroatoms. The predicted molar refractivity (Wildman–Crippen MR) is 211 cm³/mol. The van der Waals surface area contributed by atoms with Crippen LogP contribution in [0.25, 0.3) is 22.1 Å². The number of allylic oxidation sites excluding steroid dienone is 2. The number of aryl methyl sites for hydroxylation is 4. The maximum absolute atomic E-state index is 13.5. The lowest BCUT2D eigenvalue weighted by atomic mass is 10.0. The molecule has 0 radical (unpaired) electrons. The van der Waals surface area contributed by atoms with E-state index in [1.54, 1.807) is 65.0 Å². The van der Waals surface area contributed by atoms with E-state index >= 15 is 0 Å². The number of nitrogens with two attached hydrogens (primary N) is 2. The van der Waals surface area contributed by atoms with Gasteiger partial charge in [-0.2, -0.15) is 10.2 Å². The number of hydrogen-bond acceptors (Lipinski definition) is 11. The Morgan fingerprint density at radius 3 is 2.19 bits per heavy atom. The van der Waals surface area contributed by atoms with Gasteiger partial charge in [0.05, 0.1) is 39.4 Å². The second-order valence-electron chi connectivity index (χ2n) is 13.8. The predicted octanol–water partition coefficient (Wildman–Crippen LogP) is 2.45. The third kappa shape index (κ3) is 8.13. The molecule has 0 atom stereocenters. The van der Waals surface area contributed by atoms with Crippen LogP contribution in [0.5, 0.6) is 5.75 Å². The molecule has 7 rings (SSSR count). The first-order valence-corrected chi connectivity index (χ1v) is 19.8. The van der Waals surface area contributed by atoms with Gasteiger partial charge in [-0.25, -0.2) is 23.5 Å². The van der Waals surface area contributed by atoms with Crippen molar-refractivity contribution < 1.29 is 27.5 Å². The Hall–Kier alpha value is -6.38. The van der Waals surface area contributed by atoms with Crippen LogP contribution in [0.1, 0.15) is 56.1 Å². The van der Waals surface area contributed by atoms with Gasteiger partial charge in [0, 0.05) is 32.2 Å². The number of carbonyl (C=O) groups is 3. The zero-order chi connectivity index (χ0) is 40.6. The summed E-state index contributed by atoms with van der Waals surface area (Å²) in [5.41, 5.74) is 9.64. The van der Waals surface area contributed by atoms with Gasteiger partial charge in [-0.3, -0.25) is 34.4 Å². The molecule has 298 valence electrons. The molecule has 6 aromatic rings. The average Bonchev–Trinajstić information content (AvgIpc) is 3.88. The number of sulfonamides is 1. The maximum Gasteiger partial charge on any atom is 0.276 e. The van der Waals surface area contributed by atoms with Gasteiger partial charge in [0.25, 0.3) is 11.8 Å². The molecule has 1 saturated heterocycles. The van der Waals surface area contributed by atoms with E-state index in [2.05, 4.69) is 31.1 Å². The van der Waals surface area contributed by atoms with Gasteiger partial charge in [0.2, 0.25) is 27.8 Å². The van der Waals surface area contributed by atoms with Crippen LogP contribution in [-0.2, 0) is 36.7 Å². The molecule has 0 aliphatic carbocycles. The van der Waals surface area contributed by atoms with Crippen LogP contribution in [-0.4, -0.2) is 84.5 Å². The summed E-state index contributed by atoms with van der Waals surface area (Å²) in [5.74, 6) is -0.347. The monoisotopic (exact) mass is 797 g/mol. The zero-order valence-corrected chi connectivity index (χ0v) is 32.6. The normalized spacial score (nSPS) is 13.4. The van der Waals surface area contributed by atoms with E-state index in [4.69, 9.17) is 20.6 Å². The van der Waals surface area contributed by atoms with Crippen molar-refractivity contribution in [1.82, 2.24) is 44.0 Å². The number of rotatable bonds is 15. The van der Waals surface area contributed by atoms with Crippen LogP contribution in [0.2, 0.25) is 0 Å². The summed E-state index contributed by atoms with van der Waals surface area (Å²) < 4.78 is 37.2. The minimum Gasteiger partial charge on any atom is -0.491 e. The van der Waals surface area contributed by atoms with E-state index in [1.807, 2.05) is 19.1 Å². The Bertz CT molecular complexity index is 2680. The number of amides is 3. The van der Waals surface area contributed by atoms with E-state index in [0.717, 1.165) is 19.5 Å². The van der Waals surface area contributed by atoms with Gasteiger partial charge in [-0.15, -0.1) is 0 Å². The minimum absolute atomic E-state index is 0.127. The highest BCUT2D eigenvalue weighted by molar-refractivity contribution is 7.89. The minimum atomic E-state index is -4.03. The molecule has 2 aromatic carbocycles. The SMILES string of the molecule is CCn1nc(C)cc1C(=O)Nc1nc2cc(S(N)(=O)=O)ccc2n1C/C=C/Cn1c(NC(=O)c2cc(C)nn2C)nc2cc(C(N)=O)cc(OCCC3CNC3)c21. The summed E-state index contributed by atoms with van der Waals surface area (Å²) in [6.45, 7) is 8.46. The number of primary sulfonamides is 1. The second-order valence-corrected chi connectivity index (χ2v) is 15.4. The molecule has 0 bridgehead atoms. The van der Waals surface area contributed by atoms with E-state index in [9.17, 15) is 22.8 Å². The van der Waals surface area contributed by atoms with E-state index < -0.39 is 27.7 Å². The molecule has 0 unspecified atom stereocenters. The Labute approximate surface area is 327 Å². The van der Waals surface area contributed by atoms with Crippen molar-refractivity contribution in [3.63, 3.8) is 0 Å². The molecule has 19 nitrogen and oxygen atoms in total. The van der Waals surface area contributed by atoms with Gasteiger partial charge in [-0.05, 0) is 88.7 Å². The van der Waals surface area contributed by atoms with Gasteiger partial charge in [0.1, 0.15) is 22.7 Å². The van der Waals surface area contributed by atoms with Crippen LogP contribution >= 0.6 is 0 Å². The number of fused-ring (bicyclic) bond motifs is 2. The third-order valence-electron chi connectivity index (χ3n) is 9.65. The molecule has 57 heavy (non-hydrogen) atoms. The van der Waals surface area contributed by atoms with Crippen LogP contribution in [0.15, 0.2) is 59.5 Å². The standard InChI is InChI=1S/C37H43N13O6S/c1-5-50-30(15-22(3)46-50)35(53)44-36-41-26-18-25(57(39,54)55)8-9-28(26)48(36)11-6-7-12-49-32-27(42-37(49)43-34(52)29-14-21(2)45-47(29)4)16-24(33(38)51)17-31(32)56-13-10-23-19-40-20-23/h6-9,14-18,23,40H,5,10-13,19-20H2,1-4H3,(H2,38,51)(H2,39,54,55)(H,41,44,53)(H,42,43,52)/b7-6+. The number of benzene rings is 2. The van der Waals surface area contributed by atoms with Crippen LogP contribution in [0.3, 0.4) is 0 Å². The molecular weight excluding hydrogens is 755 g/mol. The quantitative estimate of drug-likeness (QED) is 0.0944. The number of nitrogens with one attached hydrogen (secondary N) is 3. The van der Waals surface area contributed by atoms with E-state index in [1.165, 1.54) is 16.8 Å². The van der Waals surface area contributed by atoms with Crippen molar-refractivity contribution >= 4 is 61.7 Å². The van der Waals surface area contributed by atoms with Crippen molar-refractivity contribution in [2.24, 2.45) is 23.8 Å². The van der Waals surface area contributed by atoms with Crippen LogP contribution in [0.4, 0.5) is 11.9 Å². The summed E-state index contributed by atoms with van der Waals surface area (Å²) in [6, 6.07) is 10.8. The summed E-state index contributed by atoms with van der Waals surface area (Å²) in [6.07, 6.45) is 4.46. The average molecular weight is 798 g/mol. The molecule has 1 aliphatic heterocycles. The fraction of sp³-hybridized carbons (Fsp3) is 0.324. The van der Waals surface area contributed by atoms with Gasteiger partial charge in [0.15, 0.2) is 0 Å². The third-order valence-corrected chi connectivity index (χ3v) is 10.6. The molecule has 3 amide bonds. The van der Waals surface area contributed by atoms with Gasteiger partial charge >= 0.3 is 0 Å². The Morgan fingerprint density at radius 1 is 0.912 bits per heavy atom. The van der Waals surface area contributed by atoms with E-state index in [0.29, 0.717) is 69.7 Å². The highest BCUT2D eigenvalue weighted by Gasteiger charge is 2.23. The second kappa shape index (κ2) is 15.6. The molecule has 0 saturated carbocycles. The lowest BCUT2D eigenvalue weighted by Crippen LogP contribution is -2.42. The van der Waals surface area contributed by atoms with Crippen molar-refractivity contribution in [2.45, 2.75) is 51.7 Å². The number of anilines is 2. The lowest BCUT2D eigenvalue weighted by molar-refractivity contribution is 0.0994. The lowest BCUT2D eigenvalue weighted by Gasteiger charge is -2.26. The summed E-state index contributed by atoms with van der Waals surface area (Å²) in [4.78, 5) is 48.6. The molecule has 5 heterocycles. The zero-order valence-electron chi connectivity index (χ0n) is 31.8. The van der Waals surface area contributed by atoms with E-state index in [-0.39, 0.29) is 35.4 Å². The van der Waals surface area contributed by atoms with Crippen LogP contribution < -0.4 is 31.6 Å². The molecule has 7 N–H and O–H groups in total. The summed E-state index contributed by atoms with van der Waals surface area (Å²) >= 11 is 0. The smallest absolute Gasteiger partial charge is 0.276 e. The summed E-state index contributed by atoms with van der Waals surface area (Å²) in [7, 11) is -2.36. The first-order valence-electron chi connectivity index (χ1n) is 18.2. The highest BCUT2D eigenvalue weighted by Crippen LogP contribution is 2.32. The van der Waals surface area contributed by atoms with Crippen molar-refractivity contribution in [2.75, 3.05) is 30.3 Å².